The van der Waals surface area contributed by atoms with Crippen LogP contribution in [0.5, 0.6) is 5.88 Å². The number of benzene rings is 1. The average molecular weight is 516 g/mol. The number of aliphatic hydroxyl groups is 1. The SMILES string of the molecule is Cc1ccc(NC(=O)c2ccnc(C(C)(C)C#N)c2)cc1-c1cnc(OC[C@@H](C)O)c(N2CCOCC2)c1. The van der Waals surface area contributed by atoms with Gasteiger partial charge in [-0.3, -0.25) is 9.78 Å². The van der Waals surface area contributed by atoms with Gasteiger partial charge in [0.1, 0.15) is 12.3 Å². The molecule has 38 heavy (non-hydrogen) atoms. The molecule has 1 aliphatic heterocycles. The highest BCUT2D eigenvalue weighted by Gasteiger charge is 2.23. The van der Waals surface area contributed by atoms with Gasteiger partial charge >= 0.3 is 0 Å². The summed E-state index contributed by atoms with van der Waals surface area (Å²) in [6, 6.07) is 13.3. The van der Waals surface area contributed by atoms with Crippen molar-refractivity contribution >= 4 is 17.3 Å². The van der Waals surface area contributed by atoms with Gasteiger partial charge in [-0.2, -0.15) is 5.26 Å². The fourth-order valence-corrected chi connectivity index (χ4v) is 4.11. The number of carbonyl (C=O) groups excluding carboxylic acids is 1. The lowest BCUT2D eigenvalue weighted by Gasteiger charge is -2.30. The van der Waals surface area contributed by atoms with Crippen LogP contribution >= 0.6 is 0 Å². The zero-order chi connectivity index (χ0) is 27.3. The highest BCUT2D eigenvalue weighted by Crippen LogP contribution is 2.34. The maximum atomic E-state index is 13.1. The van der Waals surface area contributed by atoms with E-state index in [0.717, 1.165) is 22.4 Å². The maximum absolute atomic E-state index is 13.1. The van der Waals surface area contributed by atoms with E-state index >= 15 is 0 Å². The van der Waals surface area contributed by atoms with Crippen molar-refractivity contribution in [1.82, 2.24) is 9.97 Å². The number of nitrogens with one attached hydrogen (secondary N) is 1. The number of hydrogen-bond acceptors (Lipinski definition) is 8. The van der Waals surface area contributed by atoms with E-state index in [1.807, 2.05) is 31.2 Å². The van der Waals surface area contributed by atoms with Crippen molar-refractivity contribution < 1.29 is 19.4 Å². The summed E-state index contributed by atoms with van der Waals surface area (Å²) in [6.45, 7) is 10.0. The molecular formula is C29H33N5O4. The maximum Gasteiger partial charge on any atom is 0.255 e. The lowest BCUT2D eigenvalue weighted by atomic mass is 9.90. The van der Waals surface area contributed by atoms with E-state index in [2.05, 4.69) is 26.3 Å². The molecule has 3 aromatic rings. The fraction of sp³-hybridized carbons (Fsp3) is 0.379. The van der Waals surface area contributed by atoms with Crippen LogP contribution < -0.4 is 15.0 Å². The van der Waals surface area contributed by atoms with Crippen molar-refractivity contribution in [3.05, 3.63) is 65.6 Å². The Morgan fingerprint density at radius 1 is 1.24 bits per heavy atom. The molecule has 1 amide bonds. The second kappa shape index (κ2) is 11.6. The second-order valence-corrected chi connectivity index (χ2v) is 9.96. The van der Waals surface area contributed by atoms with Crippen molar-refractivity contribution in [1.29, 1.82) is 5.26 Å². The van der Waals surface area contributed by atoms with E-state index < -0.39 is 11.5 Å². The summed E-state index contributed by atoms with van der Waals surface area (Å²) in [6.07, 6.45) is 2.68. The highest BCUT2D eigenvalue weighted by atomic mass is 16.5. The summed E-state index contributed by atoms with van der Waals surface area (Å²) < 4.78 is 11.3. The Morgan fingerprint density at radius 3 is 2.71 bits per heavy atom. The quantitative estimate of drug-likeness (QED) is 0.460. The van der Waals surface area contributed by atoms with Gasteiger partial charge in [-0.15, -0.1) is 0 Å². The first-order valence-electron chi connectivity index (χ1n) is 12.6. The molecule has 1 aliphatic rings. The Labute approximate surface area is 223 Å². The molecule has 2 aromatic heterocycles. The van der Waals surface area contributed by atoms with Crippen molar-refractivity contribution in [2.45, 2.75) is 39.2 Å². The third kappa shape index (κ3) is 6.28. The number of nitriles is 1. The monoisotopic (exact) mass is 515 g/mol. The van der Waals surface area contributed by atoms with Crippen LogP contribution in [-0.4, -0.2) is 60.0 Å². The van der Waals surface area contributed by atoms with Crippen molar-refractivity contribution in [3.63, 3.8) is 0 Å². The fourth-order valence-electron chi connectivity index (χ4n) is 4.11. The number of morpholine rings is 1. The molecule has 3 heterocycles. The summed E-state index contributed by atoms with van der Waals surface area (Å²) >= 11 is 0. The largest absolute Gasteiger partial charge is 0.473 e. The normalized spacial score (nSPS) is 14.5. The second-order valence-electron chi connectivity index (χ2n) is 9.96. The van der Waals surface area contributed by atoms with E-state index in [1.165, 1.54) is 0 Å². The Balaban J connectivity index is 1.62. The van der Waals surface area contributed by atoms with Crippen LogP contribution in [0.2, 0.25) is 0 Å². The van der Waals surface area contributed by atoms with Crippen LogP contribution in [-0.2, 0) is 10.2 Å². The molecule has 1 aromatic carbocycles. The lowest BCUT2D eigenvalue weighted by molar-refractivity contribution is 0.102. The molecule has 0 unspecified atom stereocenters. The Hall–Kier alpha value is -4.00. The minimum atomic E-state index is -0.802. The minimum Gasteiger partial charge on any atom is -0.473 e. The molecule has 1 fully saturated rings. The van der Waals surface area contributed by atoms with Crippen LogP contribution in [0.3, 0.4) is 0 Å². The van der Waals surface area contributed by atoms with Gasteiger partial charge in [-0.05, 0) is 69.2 Å². The van der Waals surface area contributed by atoms with Gasteiger partial charge in [-0.25, -0.2) is 4.98 Å². The average Bonchev–Trinajstić information content (AvgIpc) is 2.93. The standard InChI is InChI=1S/C29H33N5O4/c1-19-5-6-23(33-27(36)21-7-8-31-26(14-21)29(3,4)18-30)15-24(19)22-13-25(34-9-11-37-12-10-34)28(32-16-22)38-17-20(2)35/h5-8,13-16,20,35H,9-12,17H2,1-4H3,(H,33,36)/t20-/m1/s1. The number of rotatable bonds is 8. The van der Waals surface area contributed by atoms with Crippen LogP contribution in [0.25, 0.3) is 11.1 Å². The zero-order valence-electron chi connectivity index (χ0n) is 22.2. The van der Waals surface area contributed by atoms with Crippen molar-refractivity contribution in [2.75, 3.05) is 43.1 Å². The van der Waals surface area contributed by atoms with Gasteiger partial charge in [0.2, 0.25) is 5.88 Å². The number of carbonyl (C=O) groups is 1. The number of amides is 1. The number of anilines is 2. The van der Waals surface area contributed by atoms with Gasteiger partial charge in [0.15, 0.2) is 0 Å². The number of aromatic nitrogens is 2. The molecule has 198 valence electrons. The molecule has 0 radical (unpaired) electrons. The van der Waals surface area contributed by atoms with E-state index in [9.17, 15) is 15.2 Å². The molecule has 1 atom stereocenters. The number of pyridine rings is 2. The topological polar surface area (TPSA) is 121 Å². The first kappa shape index (κ1) is 27.0. The number of nitrogens with zero attached hydrogens (tertiary/aromatic N) is 4. The first-order valence-corrected chi connectivity index (χ1v) is 12.6. The summed E-state index contributed by atoms with van der Waals surface area (Å²) in [5.74, 6) is 0.179. The van der Waals surface area contributed by atoms with Crippen molar-refractivity contribution in [3.8, 4) is 23.1 Å². The Kier molecular flexibility index (Phi) is 8.25. The van der Waals surface area contributed by atoms with Gasteiger partial charge in [0.25, 0.3) is 5.91 Å². The zero-order valence-corrected chi connectivity index (χ0v) is 22.2. The Bertz CT molecular complexity index is 1340. The number of hydrogen-bond donors (Lipinski definition) is 2. The number of ether oxygens (including phenoxy) is 2. The molecule has 9 nitrogen and oxygen atoms in total. The van der Waals surface area contributed by atoms with Crippen LogP contribution in [0.1, 0.15) is 42.4 Å². The highest BCUT2D eigenvalue weighted by molar-refractivity contribution is 6.04. The van der Waals surface area contributed by atoms with Crippen LogP contribution in [0.4, 0.5) is 11.4 Å². The van der Waals surface area contributed by atoms with Crippen molar-refractivity contribution in [2.24, 2.45) is 0 Å². The molecule has 0 saturated carbocycles. The van der Waals surface area contributed by atoms with Gasteiger partial charge in [0.05, 0.1) is 36.5 Å². The third-order valence-corrected chi connectivity index (χ3v) is 6.39. The van der Waals surface area contributed by atoms with Gasteiger partial charge < -0.3 is 24.8 Å². The van der Waals surface area contributed by atoms with Crippen LogP contribution in [0.15, 0.2) is 48.8 Å². The molecule has 2 N–H and O–H groups in total. The smallest absolute Gasteiger partial charge is 0.255 e. The molecule has 0 aliphatic carbocycles. The predicted octanol–water partition coefficient (Wildman–Crippen LogP) is 4.10. The summed E-state index contributed by atoms with van der Waals surface area (Å²) in [4.78, 5) is 24.1. The van der Waals surface area contributed by atoms with Crippen LogP contribution in [0, 0.1) is 18.3 Å². The first-order chi connectivity index (χ1) is 18.2. The van der Waals surface area contributed by atoms with E-state index in [0.29, 0.717) is 49.1 Å². The third-order valence-electron chi connectivity index (χ3n) is 6.39. The summed E-state index contributed by atoms with van der Waals surface area (Å²) in [5, 5.41) is 22.1. The summed E-state index contributed by atoms with van der Waals surface area (Å²) in [7, 11) is 0. The molecule has 4 rings (SSSR count). The molecule has 9 heteroatoms. The van der Waals surface area contributed by atoms with E-state index in [4.69, 9.17) is 9.47 Å². The summed E-state index contributed by atoms with van der Waals surface area (Å²) in [5.41, 5.74) is 4.47. The Morgan fingerprint density at radius 2 is 2.00 bits per heavy atom. The molecular weight excluding hydrogens is 482 g/mol. The van der Waals surface area contributed by atoms with E-state index in [1.54, 1.807) is 45.3 Å². The molecule has 1 saturated heterocycles. The minimum absolute atomic E-state index is 0.145. The van der Waals surface area contributed by atoms with E-state index in [-0.39, 0.29) is 12.5 Å². The van der Waals surface area contributed by atoms with Gasteiger partial charge in [-0.1, -0.05) is 6.07 Å². The molecule has 0 spiro atoms. The van der Waals surface area contributed by atoms with Gasteiger partial charge in [0, 0.05) is 42.3 Å². The molecule has 0 bridgehead atoms. The number of aryl methyl sites for hydroxylation is 1. The lowest BCUT2D eigenvalue weighted by Crippen LogP contribution is -2.36. The number of aliphatic hydroxyl groups excluding tert-OH is 1. The predicted molar refractivity (Wildman–Crippen MR) is 145 cm³/mol.